The second-order valence-electron chi connectivity index (χ2n) is 6.80. The first kappa shape index (κ1) is 19.7. The Labute approximate surface area is 178 Å². The van der Waals surface area contributed by atoms with Crippen LogP contribution in [0.1, 0.15) is 15.9 Å². The number of aromatic nitrogens is 2. The number of fused-ring (bicyclic) bond motifs is 1. The number of benzene rings is 3. The summed E-state index contributed by atoms with van der Waals surface area (Å²) >= 11 is 5.90. The number of carbonyl (C=O) groups excluding carboxylic acids is 2. The van der Waals surface area contributed by atoms with Crippen LogP contribution in [0.25, 0.3) is 11.0 Å². The number of nitrogens with one attached hydrogen (secondary N) is 2. The molecule has 0 fully saturated rings. The minimum Gasteiger partial charge on any atom is -0.340 e. The molecule has 2 amide bonds. The third kappa shape index (κ3) is 4.50. The Hall–Kier alpha value is -3.64. The predicted octanol–water partition coefficient (Wildman–Crippen LogP) is 3.80. The number of rotatable bonds is 6. The molecule has 0 saturated heterocycles. The van der Waals surface area contributed by atoms with Gasteiger partial charge in [-0.25, -0.2) is 9.66 Å². The van der Waals surface area contributed by atoms with E-state index in [0.717, 1.165) is 16.6 Å². The van der Waals surface area contributed by atoms with Crippen molar-refractivity contribution in [3.63, 3.8) is 0 Å². The molecule has 2 N–H and O–H groups in total. The van der Waals surface area contributed by atoms with Gasteiger partial charge in [0.25, 0.3) is 11.8 Å². The van der Waals surface area contributed by atoms with Crippen LogP contribution < -0.4 is 10.7 Å². The van der Waals surface area contributed by atoms with Gasteiger partial charge in [-0.2, -0.15) is 0 Å². The van der Waals surface area contributed by atoms with Gasteiger partial charge < -0.3 is 5.32 Å². The third-order valence-electron chi connectivity index (χ3n) is 4.70. The first-order chi connectivity index (χ1) is 14.6. The van der Waals surface area contributed by atoms with Crippen LogP contribution in [0.15, 0.2) is 85.2 Å². The molecule has 0 saturated carbocycles. The summed E-state index contributed by atoms with van der Waals surface area (Å²) in [5.74, 6) is -0.692. The minimum atomic E-state index is -0.781. The van der Waals surface area contributed by atoms with Crippen molar-refractivity contribution < 1.29 is 9.59 Å². The fourth-order valence-electron chi connectivity index (χ4n) is 3.15. The van der Waals surface area contributed by atoms with Crippen molar-refractivity contribution in [2.75, 3.05) is 5.43 Å². The number of hydrogen-bond donors (Lipinski definition) is 2. The summed E-state index contributed by atoms with van der Waals surface area (Å²) in [6, 6.07) is 22.8. The maximum absolute atomic E-state index is 13.1. The molecule has 4 rings (SSSR count). The van der Waals surface area contributed by atoms with Crippen molar-refractivity contribution in [3.8, 4) is 0 Å². The molecule has 0 aliphatic rings. The van der Waals surface area contributed by atoms with Crippen molar-refractivity contribution in [1.82, 2.24) is 15.0 Å². The van der Waals surface area contributed by atoms with Crippen molar-refractivity contribution in [2.45, 2.75) is 12.5 Å². The number of carbonyl (C=O) groups is 2. The lowest BCUT2D eigenvalue weighted by molar-refractivity contribution is -0.118. The van der Waals surface area contributed by atoms with Crippen LogP contribution in [-0.4, -0.2) is 27.5 Å². The monoisotopic (exact) mass is 418 g/mol. The van der Waals surface area contributed by atoms with Crippen LogP contribution in [0.2, 0.25) is 5.02 Å². The van der Waals surface area contributed by atoms with Gasteiger partial charge in [-0.05, 0) is 42.0 Å². The summed E-state index contributed by atoms with van der Waals surface area (Å²) in [7, 11) is 0. The molecule has 0 unspecified atom stereocenters. The van der Waals surface area contributed by atoms with Gasteiger partial charge in [-0.3, -0.25) is 15.0 Å². The van der Waals surface area contributed by atoms with Crippen LogP contribution in [0.4, 0.5) is 0 Å². The Morgan fingerprint density at radius 2 is 1.63 bits per heavy atom. The van der Waals surface area contributed by atoms with Gasteiger partial charge in [-0.1, -0.05) is 54.1 Å². The standard InChI is InChI=1S/C23H19ClN4O2/c24-18-12-10-17(11-13-18)22(29)26-20(14-16-6-2-1-3-7-16)23(30)27-28-15-25-19-8-4-5-9-21(19)28/h1-13,15,20H,14H2,(H,26,29)(H,27,30)/t20-/m0/s1. The molecule has 0 aliphatic heterocycles. The van der Waals surface area contributed by atoms with E-state index in [1.54, 1.807) is 35.3 Å². The molecular weight excluding hydrogens is 400 g/mol. The number of hydrogen-bond acceptors (Lipinski definition) is 3. The molecule has 1 aromatic heterocycles. The molecule has 0 aliphatic carbocycles. The molecule has 0 radical (unpaired) electrons. The Balaban J connectivity index is 1.56. The van der Waals surface area contributed by atoms with Crippen molar-refractivity contribution in [1.29, 1.82) is 0 Å². The molecule has 6 nitrogen and oxygen atoms in total. The molecule has 1 atom stereocenters. The van der Waals surface area contributed by atoms with Gasteiger partial charge in [-0.15, -0.1) is 0 Å². The highest BCUT2D eigenvalue weighted by Gasteiger charge is 2.23. The summed E-state index contributed by atoms with van der Waals surface area (Å²) in [4.78, 5) is 30.1. The molecule has 0 spiro atoms. The predicted molar refractivity (Wildman–Crippen MR) is 117 cm³/mol. The van der Waals surface area contributed by atoms with E-state index in [1.165, 1.54) is 0 Å². The van der Waals surface area contributed by atoms with E-state index in [0.29, 0.717) is 17.0 Å². The minimum absolute atomic E-state index is 0.343. The van der Waals surface area contributed by atoms with Gasteiger partial charge in [0.2, 0.25) is 0 Å². The van der Waals surface area contributed by atoms with Crippen LogP contribution in [-0.2, 0) is 11.2 Å². The number of halogens is 1. The second-order valence-corrected chi connectivity index (χ2v) is 7.24. The Kier molecular flexibility index (Phi) is 5.77. The molecule has 0 bridgehead atoms. The maximum atomic E-state index is 13.1. The van der Waals surface area contributed by atoms with Gasteiger partial charge >= 0.3 is 0 Å². The van der Waals surface area contributed by atoms with E-state index in [1.807, 2.05) is 54.6 Å². The van der Waals surface area contributed by atoms with E-state index >= 15 is 0 Å². The fraction of sp³-hybridized carbons (Fsp3) is 0.0870. The van der Waals surface area contributed by atoms with Crippen LogP contribution in [0.5, 0.6) is 0 Å². The van der Waals surface area contributed by atoms with Crippen LogP contribution in [0.3, 0.4) is 0 Å². The van der Waals surface area contributed by atoms with E-state index in [2.05, 4.69) is 15.7 Å². The summed E-state index contributed by atoms with van der Waals surface area (Å²) in [6.07, 6.45) is 1.89. The SMILES string of the molecule is O=C(N[C@@H](Cc1ccccc1)C(=O)Nn1cnc2ccccc21)c1ccc(Cl)cc1. The van der Waals surface area contributed by atoms with Crippen molar-refractivity contribution in [3.05, 3.63) is 101 Å². The Bertz CT molecular complexity index is 1170. The zero-order chi connectivity index (χ0) is 20.9. The fourth-order valence-corrected chi connectivity index (χ4v) is 3.27. The maximum Gasteiger partial charge on any atom is 0.261 e. The van der Waals surface area contributed by atoms with E-state index in [-0.39, 0.29) is 11.8 Å². The van der Waals surface area contributed by atoms with Crippen LogP contribution >= 0.6 is 11.6 Å². The lowest BCUT2D eigenvalue weighted by Crippen LogP contribution is -2.47. The molecule has 1 heterocycles. The molecule has 30 heavy (non-hydrogen) atoms. The lowest BCUT2D eigenvalue weighted by Gasteiger charge is -2.19. The molecule has 150 valence electrons. The normalized spacial score (nSPS) is 11.8. The Morgan fingerprint density at radius 3 is 2.40 bits per heavy atom. The van der Waals surface area contributed by atoms with Gasteiger partial charge in [0.05, 0.1) is 11.0 Å². The number of imidazole rings is 1. The van der Waals surface area contributed by atoms with Gasteiger partial charge in [0.15, 0.2) is 0 Å². The lowest BCUT2D eigenvalue weighted by atomic mass is 10.0. The summed E-state index contributed by atoms with van der Waals surface area (Å²) in [5.41, 5.74) is 5.73. The average molecular weight is 419 g/mol. The Morgan fingerprint density at radius 1 is 0.933 bits per heavy atom. The van der Waals surface area contributed by atoms with Crippen molar-refractivity contribution in [2.24, 2.45) is 0 Å². The third-order valence-corrected chi connectivity index (χ3v) is 4.95. The smallest absolute Gasteiger partial charge is 0.261 e. The highest BCUT2D eigenvalue weighted by molar-refractivity contribution is 6.30. The highest BCUT2D eigenvalue weighted by atomic mass is 35.5. The number of nitrogens with zero attached hydrogens (tertiary/aromatic N) is 2. The topological polar surface area (TPSA) is 76.0 Å². The molecular formula is C23H19ClN4O2. The first-order valence-electron chi connectivity index (χ1n) is 9.43. The van der Waals surface area contributed by atoms with E-state index in [9.17, 15) is 9.59 Å². The molecule has 3 aromatic carbocycles. The average Bonchev–Trinajstić information content (AvgIpc) is 3.17. The summed E-state index contributed by atoms with van der Waals surface area (Å²) < 4.78 is 1.56. The number of amides is 2. The zero-order valence-corrected chi connectivity index (χ0v) is 16.7. The van der Waals surface area contributed by atoms with Crippen LogP contribution in [0, 0.1) is 0 Å². The summed E-state index contributed by atoms with van der Waals surface area (Å²) in [6.45, 7) is 0. The van der Waals surface area contributed by atoms with E-state index < -0.39 is 6.04 Å². The molecule has 4 aromatic rings. The van der Waals surface area contributed by atoms with E-state index in [4.69, 9.17) is 11.6 Å². The second kappa shape index (κ2) is 8.80. The van der Waals surface area contributed by atoms with Gasteiger partial charge in [0, 0.05) is 17.0 Å². The first-order valence-corrected chi connectivity index (χ1v) is 9.81. The largest absolute Gasteiger partial charge is 0.340 e. The zero-order valence-electron chi connectivity index (χ0n) is 16.0. The number of para-hydroxylation sites is 2. The quantitative estimate of drug-likeness (QED) is 0.500. The van der Waals surface area contributed by atoms with Gasteiger partial charge in [0.1, 0.15) is 12.4 Å². The highest BCUT2D eigenvalue weighted by Crippen LogP contribution is 2.12. The van der Waals surface area contributed by atoms with Crippen molar-refractivity contribution >= 4 is 34.4 Å². The summed E-state index contributed by atoms with van der Waals surface area (Å²) in [5, 5.41) is 3.37. The molecule has 7 heteroatoms.